The average molecular weight is 233 g/mol. The van der Waals surface area contributed by atoms with Crippen molar-refractivity contribution in [3.8, 4) is 0 Å². The van der Waals surface area contributed by atoms with Gasteiger partial charge < -0.3 is 14.8 Å². The lowest BCUT2D eigenvalue weighted by Crippen LogP contribution is -2.39. The highest BCUT2D eigenvalue weighted by Crippen LogP contribution is 2.28. The first-order valence-corrected chi connectivity index (χ1v) is 6.48. The summed E-state index contributed by atoms with van der Waals surface area (Å²) in [7, 11) is 0. The van der Waals surface area contributed by atoms with Gasteiger partial charge in [0.1, 0.15) is 5.69 Å². The summed E-state index contributed by atoms with van der Waals surface area (Å²) in [5.74, 6) is 0.872. The molecular formula is C13H19N3O. The zero-order chi connectivity index (χ0) is 11.8. The molecule has 2 fully saturated rings. The first kappa shape index (κ1) is 10.8. The highest BCUT2D eigenvalue weighted by molar-refractivity contribution is 5.93. The quantitative estimate of drug-likeness (QED) is 0.825. The maximum Gasteiger partial charge on any atom is 0.270 e. The highest BCUT2D eigenvalue weighted by Gasteiger charge is 2.40. The van der Waals surface area contributed by atoms with Gasteiger partial charge in [-0.1, -0.05) is 0 Å². The van der Waals surface area contributed by atoms with Crippen LogP contribution in [0.1, 0.15) is 23.8 Å². The standard InChI is InChI=1S/C13H19N3O/c1-2-15-6-3-4-11(15)13(17)16-7-5-10-8-14-9-12(10)16/h3-4,6,10,12,14H,2,5,7-9H2,1H3/t10-,12+/m1/s1. The van der Waals surface area contributed by atoms with Crippen LogP contribution in [0.4, 0.5) is 0 Å². The van der Waals surface area contributed by atoms with E-state index in [1.165, 1.54) is 0 Å². The van der Waals surface area contributed by atoms with E-state index in [1.807, 2.05) is 22.9 Å². The Bertz CT molecular complexity index is 426. The smallest absolute Gasteiger partial charge is 0.270 e. The summed E-state index contributed by atoms with van der Waals surface area (Å²) < 4.78 is 2.03. The van der Waals surface area contributed by atoms with Crippen molar-refractivity contribution >= 4 is 5.91 Å². The second kappa shape index (κ2) is 4.18. The van der Waals surface area contributed by atoms with Gasteiger partial charge in [-0.3, -0.25) is 4.79 Å². The van der Waals surface area contributed by atoms with Crippen molar-refractivity contribution in [1.29, 1.82) is 0 Å². The summed E-state index contributed by atoms with van der Waals surface area (Å²) in [5, 5.41) is 3.38. The van der Waals surface area contributed by atoms with Gasteiger partial charge in [0.15, 0.2) is 0 Å². The maximum absolute atomic E-state index is 12.5. The number of carbonyl (C=O) groups excluding carboxylic acids is 1. The van der Waals surface area contributed by atoms with Gasteiger partial charge in [-0.25, -0.2) is 0 Å². The summed E-state index contributed by atoms with van der Waals surface area (Å²) in [6.07, 6.45) is 3.13. The molecule has 1 aromatic heterocycles. The van der Waals surface area contributed by atoms with E-state index in [0.717, 1.165) is 38.3 Å². The largest absolute Gasteiger partial charge is 0.344 e. The molecule has 0 spiro atoms. The van der Waals surface area contributed by atoms with Crippen LogP contribution in [0.3, 0.4) is 0 Å². The molecule has 2 aliphatic rings. The lowest BCUT2D eigenvalue weighted by atomic mass is 10.1. The first-order valence-electron chi connectivity index (χ1n) is 6.48. The fourth-order valence-electron chi connectivity index (χ4n) is 3.13. The third kappa shape index (κ3) is 1.67. The van der Waals surface area contributed by atoms with Crippen LogP contribution in [0.2, 0.25) is 0 Å². The number of likely N-dealkylation sites (tertiary alicyclic amines) is 1. The Balaban J connectivity index is 1.83. The molecule has 4 nitrogen and oxygen atoms in total. The molecule has 0 aromatic carbocycles. The predicted octanol–water partition coefficient (Wildman–Crippen LogP) is 0.942. The van der Waals surface area contributed by atoms with Crippen LogP contribution in [0.25, 0.3) is 0 Å². The number of aryl methyl sites for hydroxylation is 1. The van der Waals surface area contributed by atoms with E-state index in [4.69, 9.17) is 0 Å². The number of amides is 1. The van der Waals surface area contributed by atoms with Crippen LogP contribution in [-0.2, 0) is 6.54 Å². The SMILES string of the molecule is CCn1cccc1C(=O)N1CC[C@@H]2CNC[C@@H]21. The van der Waals surface area contributed by atoms with Gasteiger partial charge in [0.25, 0.3) is 5.91 Å². The van der Waals surface area contributed by atoms with E-state index in [0.29, 0.717) is 12.0 Å². The molecule has 3 heterocycles. The highest BCUT2D eigenvalue weighted by atomic mass is 16.2. The van der Waals surface area contributed by atoms with Crippen LogP contribution >= 0.6 is 0 Å². The van der Waals surface area contributed by atoms with Gasteiger partial charge in [0.2, 0.25) is 0 Å². The molecule has 1 amide bonds. The van der Waals surface area contributed by atoms with Crippen LogP contribution < -0.4 is 5.32 Å². The molecule has 1 aromatic rings. The Morgan fingerprint density at radius 3 is 3.24 bits per heavy atom. The molecule has 0 bridgehead atoms. The summed E-state index contributed by atoms with van der Waals surface area (Å²) >= 11 is 0. The molecule has 0 aliphatic carbocycles. The molecule has 2 atom stereocenters. The fourth-order valence-corrected chi connectivity index (χ4v) is 3.13. The number of fused-ring (bicyclic) bond motifs is 1. The zero-order valence-electron chi connectivity index (χ0n) is 10.2. The zero-order valence-corrected chi connectivity index (χ0v) is 10.2. The molecule has 4 heteroatoms. The Morgan fingerprint density at radius 1 is 1.53 bits per heavy atom. The summed E-state index contributed by atoms with van der Waals surface area (Å²) in [5.41, 5.74) is 0.833. The number of hydrogen-bond donors (Lipinski definition) is 1. The monoisotopic (exact) mass is 233 g/mol. The van der Waals surface area contributed by atoms with Gasteiger partial charge in [-0.15, -0.1) is 0 Å². The van der Waals surface area contributed by atoms with Crippen molar-refractivity contribution in [2.24, 2.45) is 5.92 Å². The normalized spacial score (nSPS) is 27.5. The van der Waals surface area contributed by atoms with E-state index < -0.39 is 0 Å². The number of nitrogens with zero attached hydrogens (tertiary/aromatic N) is 2. The number of carbonyl (C=O) groups is 1. The minimum Gasteiger partial charge on any atom is -0.344 e. The summed E-state index contributed by atoms with van der Waals surface area (Å²) in [4.78, 5) is 14.6. The van der Waals surface area contributed by atoms with Gasteiger partial charge in [-0.2, -0.15) is 0 Å². The lowest BCUT2D eigenvalue weighted by molar-refractivity contribution is 0.0726. The van der Waals surface area contributed by atoms with Gasteiger partial charge in [0.05, 0.1) is 0 Å². The van der Waals surface area contributed by atoms with E-state index in [2.05, 4.69) is 17.1 Å². The average Bonchev–Trinajstić information content (AvgIpc) is 3.03. The van der Waals surface area contributed by atoms with Crippen molar-refractivity contribution in [3.05, 3.63) is 24.0 Å². The molecular weight excluding hydrogens is 214 g/mol. The van der Waals surface area contributed by atoms with Crippen LogP contribution in [0.15, 0.2) is 18.3 Å². The van der Waals surface area contributed by atoms with E-state index in [9.17, 15) is 4.79 Å². The molecule has 0 unspecified atom stereocenters. The molecule has 2 aliphatic heterocycles. The number of aromatic nitrogens is 1. The van der Waals surface area contributed by atoms with Crippen LogP contribution in [0, 0.1) is 5.92 Å². The molecule has 2 saturated heterocycles. The Morgan fingerprint density at radius 2 is 2.41 bits per heavy atom. The van der Waals surface area contributed by atoms with E-state index in [1.54, 1.807) is 0 Å². The maximum atomic E-state index is 12.5. The third-order valence-electron chi connectivity index (χ3n) is 4.10. The van der Waals surface area contributed by atoms with E-state index in [-0.39, 0.29) is 5.91 Å². The molecule has 92 valence electrons. The molecule has 3 rings (SSSR count). The topological polar surface area (TPSA) is 37.3 Å². The molecule has 17 heavy (non-hydrogen) atoms. The van der Waals surface area contributed by atoms with Gasteiger partial charge in [-0.05, 0) is 31.4 Å². The Labute approximate surface area is 102 Å². The Kier molecular flexibility index (Phi) is 2.67. The summed E-state index contributed by atoms with van der Waals surface area (Å²) in [6, 6.07) is 4.31. The fraction of sp³-hybridized carbons (Fsp3) is 0.615. The first-order chi connectivity index (χ1) is 8.31. The number of hydrogen-bond acceptors (Lipinski definition) is 2. The van der Waals surface area contributed by atoms with Crippen LogP contribution in [0.5, 0.6) is 0 Å². The molecule has 0 radical (unpaired) electrons. The Hall–Kier alpha value is -1.29. The lowest BCUT2D eigenvalue weighted by Gasteiger charge is -2.23. The van der Waals surface area contributed by atoms with Gasteiger partial charge >= 0.3 is 0 Å². The van der Waals surface area contributed by atoms with Crippen LogP contribution in [-0.4, -0.2) is 41.1 Å². The molecule has 1 N–H and O–H groups in total. The minimum absolute atomic E-state index is 0.202. The number of nitrogens with one attached hydrogen (secondary N) is 1. The second-order valence-electron chi connectivity index (χ2n) is 4.95. The van der Waals surface area contributed by atoms with Crippen molar-refractivity contribution in [3.63, 3.8) is 0 Å². The van der Waals surface area contributed by atoms with Crippen molar-refractivity contribution < 1.29 is 4.79 Å². The minimum atomic E-state index is 0.202. The van der Waals surface area contributed by atoms with Gasteiger partial charge in [0, 0.05) is 38.4 Å². The van der Waals surface area contributed by atoms with Crippen molar-refractivity contribution in [2.75, 3.05) is 19.6 Å². The second-order valence-corrected chi connectivity index (χ2v) is 4.95. The summed E-state index contributed by atoms with van der Waals surface area (Å²) in [6.45, 7) is 5.88. The number of rotatable bonds is 2. The predicted molar refractivity (Wildman–Crippen MR) is 65.9 cm³/mol. The van der Waals surface area contributed by atoms with E-state index >= 15 is 0 Å². The third-order valence-corrected chi connectivity index (χ3v) is 4.10. The molecule has 0 saturated carbocycles. The van der Waals surface area contributed by atoms with Crippen molar-refractivity contribution in [1.82, 2.24) is 14.8 Å². The van der Waals surface area contributed by atoms with Crippen molar-refractivity contribution in [2.45, 2.75) is 25.9 Å².